The van der Waals surface area contributed by atoms with Crippen LogP contribution in [0.25, 0.3) is 0 Å². The van der Waals surface area contributed by atoms with E-state index in [1.165, 1.54) is 122 Å². The first-order valence-electron chi connectivity index (χ1n) is 27.1. The Labute approximate surface area is 397 Å². The molecule has 0 aromatic heterocycles. The third-order valence-corrected chi connectivity index (χ3v) is 11.4. The quantitative estimate of drug-likeness (QED) is 0.0346. The van der Waals surface area contributed by atoms with E-state index in [-0.39, 0.29) is 25.2 Å². The third kappa shape index (κ3) is 51.7. The van der Waals surface area contributed by atoms with Crippen LogP contribution >= 0.6 is 0 Å². The molecule has 0 radical (unpaired) electrons. The number of hydrogen-bond acceptors (Lipinski definition) is 5. The number of carbonyl (C=O) groups is 2. The molecule has 5 heteroatoms. The van der Waals surface area contributed by atoms with Gasteiger partial charge < -0.3 is 14.2 Å². The summed E-state index contributed by atoms with van der Waals surface area (Å²) in [6, 6.07) is 0. The molecule has 64 heavy (non-hydrogen) atoms. The zero-order valence-electron chi connectivity index (χ0n) is 42.3. The van der Waals surface area contributed by atoms with Gasteiger partial charge in [0.25, 0.3) is 0 Å². The molecule has 0 N–H and O–H groups in total. The fourth-order valence-corrected chi connectivity index (χ4v) is 7.35. The molecule has 0 aliphatic rings. The van der Waals surface area contributed by atoms with Crippen LogP contribution in [-0.2, 0) is 23.8 Å². The number of unbranched alkanes of at least 4 members (excludes halogenated alkanes) is 24. The van der Waals surface area contributed by atoms with Crippen molar-refractivity contribution in [1.29, 1.82) is 0 Å². The molecule has 368 valence electrons. The van der Waals surface area contributed by atoms with Crippen molar-refractivity contribution in [3.05, 3.63) is 85.1 Å². The molecule has 0 rings (SSSR count). The van der Waals surface area contributed by atoms with Gasteiger partial charge in [-0.15, -0.1) is 0 Å². The number of hydrogen-bond donors (Lipinski definition) is 0. The van der Waals surface area contributed by atoms with E-state index in [1.807, 2.05) is 0 Å². The number of rotatable bonds is 49. The monoisotopic (exact) mass is 891 g/mol. The number of allylic oxidation sites excluding steroid dienone is 14. The predicted octanol–water partition coefficient (Wildman–Crippen LogP) is 18.5. The summed E-state index contributed by atoms with van der Waals surface area (Å²) in [5.74, 6) is -0.445. The molecule has 0 heterocycles. The van der Waals surface area contributed by atoms with Crippen molar-refractivity contribution in [3.63, 3.8) is 0 Å². The second-order valence-electron chi connectivity index (χ2n) is 17.7. The molecule has 0 aliphatic heterocycles. The van der Waals surface area contributed by atoms with E-state index in [4.69, 9.17) is 14.2 Å². The van der Waals surface area contributed by atoms with E-state index < -0.39 is 6.10 Å². The van der Waals surface area contributed by atoms with Crippen molar-refractivity contribution < 1.29 is 23.8 Å². The normalized spacial score (nSPS) is 12.9. The highest BCUT2D eigenvalue weighted by molar-refractivity contribution is 5.70. The smallest absolute Gasteiger partial charge is 0.306 e. The molecule has 0 saturated heterocycles. The first-order valence-corrected chi connectivity index (χ1v) is 27.1. The summed E-state index contributed by atoms with van der Waals surface area (Å²) < 4.78 is 17.4. The SMILES string of the molecule is CC/C=C\C/C=C\C/C=C\CCCCCC(=O)OC(COCCCCCCCCC/C=C\C/C=C\C/C=C\CCCCC)COC(=O)CCCCCCC/C=C\CCCCCCCC. The molecule has 0 spiro atoms. The minimum atomic E-state index is -0.564. The molecule has 0 bridgehead atoms. The van der Waals surface area contributed by atoms with Gasteiger partial charge in [-0.2, -0.15) is 0 Å². The summed E-state index contributed by atoms with van der Waals surface area (Å²) in [6.07, 6.45) is 71.7. The maximum Gasteiger partial charge on any atom is 0.306 e. The fourth-order valence-electron chi connectivity index (χ4n) is 7.35. The maximum absolute atomic E-state index is 12.8. The Morgan fingerprint density at radius 2 is 0.703 bits per heavy atom. The Kier molecular flexibility index (Phi) is 51.9. The Bertz CT molecular complexity index is 1190. The van der Waals surface area contributed by atoms with E-state index >= 15 is 0 Å². The van der Waals surface area contributed by atoms with E-state index in [1.54, 1.807) is 0 Å². The van der Waals surface area contributed by atoms with Crippen molar-refractivity contribution in [2.75, 3.05) is 19.8 Å². The summed E-state index contributed by atoms with van der Waals surface area (Å²) in [6.45, 7) is 7.63. The predicted molar refractivity (Wildman–Crippen MR) is 279 cm³/mol. The van der Waals surface area contributed by atoms with Crippen LogP contribution in [0.1, 0.15) is 252 Å². The van der Waals surface area contributed by atoms with Crippen LogP contribution in [0.4, 0.5) is 0 Å². The van der Waals surface area contributed by atoms with Crippen LogP contribution in [0.5, 0.6) is 0 Å². The topological polar surface area (TPSA) is 61.8 Å². The van der Waals surface area contributed by atoms with Crippen molar-refractivity contribution in [2.24, 2.45) is 0 Å². The summed E-state index contributed by atoms with van der Waals surface area (Å²) in [7, 11) is 0. The zero-order chi connectivity index (χ0) is 46.3. The van der Waals surface area contributed by atoms with Crippen molar-refractivity contribution in [2.45, 2.75) is 258 Å². The molecule has 0 aromatic rings. The first kappa shape index (κ1) is 61.1. The van der Waals surface area contributed by atoms with Crippen LogP contribution in [0.2, 0.25) is 0 Å². The van der Waals surface area contributed by atoms with Crippen molar-refractivity contribution in [1.82, 2.24) is 0 Å². The lowest BCUT2D eigenvalue weighted by Crippen LogP contribution is -2.30. The summed E-state index contributed by atoms with van der Waals surface area (Å²) in [4.78, 5) is 25.4. The van der Waals surface area contributed by atoms with Gasteiger partial charge in [0.2, 0.25) is 0 Å². The fraction of sp³-hybridized carbons (Fsp3) is 0.729. The Balaban J connectivity index is 4.32. The Morgan fingerprint density at radius 1 is 0.359 bits per heavy atom. The summed E-state index contributed by atoms with van der Waals surface area (Å²) in [5.41, 5.74) is 0. The largest absolute Gasteiger partial charge is 0.462 e. The minimum absolute atomic E-state index is 0.0620. The lowest BCUT2D eigenvalue weighted by Gasteiger charge is -2.18. The third-order valence-electron chi connectivity index (χ3n) is 11.4. The van der Waals surface area contributed by atoms with Crippen molar-refractivity contribution in [3.8, 4) is 0 Å². The van der Waals surface area contributed by atoms with Gasteiger partial charge in [0, 0.05) is 19.4 Å². The van der Waals surface area contributed by atoms with Gasteiger partial charge in [0.15, 0.2) is 6.10 Å². The van der Waals surface area contributed by atoms with Gasteiger partial charge in [-0.25, -0.2) is 0 Å². The number of carbonyl (C=O) groups excluding carboxylic acids is 2. The molecule has 0 aromatic carbocycles. The van der Waals surface area contributed by atoms with Gasteiger partial charge in [-0.05, 0) is 116 Å². The van der Waals surface area contributed by atoms with Gasteiger partial charge in [0.05, 0.1) is 6.61 Å². The van der Waals surface area contributed by atoms with Crippen LogP contribution in [-0.4, -0.2) is 37.9 Å². The van der Waals surface area contributed by atoms with Gasteiger partial charge >= 0.3 is 11.9 Å². The lowest BCUT2D eigenvalue weighted by molar-refractivity contribution is -0.163. The average molecular weight is 891 g/mol. The molecule has 0 amide bonds. The summed E-state index contributed by atoms with van der Waals surface area (Å²) in [5, 5.41) is 0. The van der Waals surface area contributed by atoms with Gasteiger partial charge in [-0.3, -0.25) is 9.59 Å². The molecule has 1 unspecified atom stereocenters. The maximum atomic E-state index is 12.8. The number of ether oxygens (including phenoxy) is 3. The van der Waals surface area contributed by atoms with E-state index in [0.717, 1.165) is 96.3 Å². The highest BCUT2D eigenvalue weighted by Crippen LogP contribution is 2.13. The minimum Gasteiger partial charge on any atom is -0.462 e. The first-order chi connectivity index (χ1) is 31.6. The standard InChI is InChI=1S/C59H102O5/c1-4-7-10-13-16-19-22-25-27-28-29-30-31-33-36-39-42-45-48-51-54-62-55-57(64-59(61)53-50-47-44-41-38-34-24-21-18-15-12-9-6-3)56-63-58(60)52-49-46-43-40-37-35-32-26-23-20-17-14-11-8-5-2/h9,12,16,18-19,21,25-27,29-30,32,34,38,57H,4-8,10-11,13-15,17,20,22-24,28,31,33,35-37,39-56H2,1-3H3/b12-9-,19-16-,21-18-,27-25-,30-29-,32-26-,38-34-. The van der Waals surface area contributed by atoms with E-state index in [9.17, 15) is 9.59 Å². The Morgan fingerprint density at radius 3 is 1.19 bits per heavy atom. The molecule has 0 saturated carbocycles. The van der Waals surface area contributed by atoms with E-state index in [2.05, 4.69) is 106 Å². The highest BCUT2D eigenvalue weighted by Gasteiger charge is 2.17. The van der Waals surface area contributed by atoms with Crippen LogP contribution in [0, 0.1) is 0 Å². The van der Waals surface area contributed by atoms with Crippen LogP contribution in [0.15, 0.2) is 85.1 Å². The van der Waals surface area contributed by atoms with Crippen LogP contribution in [0.3, 0.4) is 0 Å². The molecule has 1 atom stereocenters. The molecule has 0 aliphatic carbocycles. The summed E-state index contributed by atoms with van der Waals surface area (Å²) >= 11 is 0. The highest BCUT2D eigenvalue weighted by atomic mass is 16.6. The molecule has 0 fully saturated rings. The Hall–Kier alpha value is -2.92. The van der Waals surface area contributed by atoms with E-state index in [0.29, 0.717) is 19.4 Å². The zero-order valence-corrected chi connectivity index (χ0v) is 42.3. The molecular weight excluding hydrogens is 789 g/mol. The molecule has 5 nitrogen and oxygen atoms in total. The van der Waals surface area contributed by atoms with Crippen molar-refractivity contribution >= 4 is 11.9 Å². The second kappa shape index (κ2) is 54.4. The van der Waals surface area contributed by atoms with Gasteiger partial charge in [0.1, 0.15) is 6.61 Å². The average Bonchev–Trinajstić information content (AvgIpc) is 3.30. The lowest BCUT2D eigenvalue weighted by atomic mass is 10.1. The molecular formula is C59H102O5. The van der Waals surface area contributed by atoms with Crippen LogP contribution < -0.4 is 0 Å². The number of esters is 2. The second-order valence-corrected chi connectivity index (χ2v) is 17.7. The van der Waals surface area contributed by atoms with Gasteiger partial charge in [-0.1, -0.05) is 209 Å².